The molecule has 0 radical (unpaired) electrons. The maximum Gasteiger partial charge on any atom is 0.341 e. The van der Waals surface area contributed by atoms with Crippen LogP contribution in [-0.2, 0) is 6.54 Å². The molecule has 0 fully saturated rings. The van der Waals surface area contributed by atoms with Gasteiger partial charge in [-0.15, -0.1) is 0 Å². The van der Waals surface area contributed by atoms with Crippen molar-refractivity contribution in [2.75, 3.05) is 0 Å². The third kappa shape index (κ3) is 4.61. The van der Waals surface area contributed by atoms with Gasteiger partial charge in [-0.3, -0.25) is 4.79 Å². The topological polar surface area (TPSA) is 58.2 Å². The van der Waals surface area contributed by atoms with E-state index in [0.29, 0.717) is 5.56 Å². The number of hydrogen-bond donors (Lipinski definition) is 1. The van der Waals surface area contributed by atoms with Gasteiger partial charge in [0.15, 0.2) is 12.4 Å². The molecule has 3 rings (SSSR count). The molecule has 25 heavy (non-hydrogen) atoms. The lowest BCUT2D eigenvalue weighted by molar-refractivity contribution is -0.683. The van der Waals surface area contributed by atoms with Gasteiger partial charge in [-0.25, -0.2) is 4.79 Å². The van der Waals surface area contributed by atoms with E-state index in [1.807, 2.05) is 42.5 Å². The lowest BCUT2D eigenvalue weighted by Crippen LogP contribution is -3.00. The minimum Gasteiger partial charge on any atom is -1.00 e. The van der Waals surface area contributed by atoms with E-state index in [9.17, 15) is 9.59 Å². The van der Waals surface area contributed by atoms with Gasteiger partial charge < -0.3 is 22.1 Å². The fourth-order valence-electron chi connectivity index (χ4n) is 2.48. The lowest BCUT2D eigenvalue weighted by atomic mass is 10.0. The van der Waals surface area contributed by atoms with Gasteiger partial charge >= 0.3 is 5.97 Å². The van der Waals surface area contributed by atoms with Gasteiger partial charge in [0.1, 0.15) is 5.56 Å². The molecule has 1 aromatic heterocycles. The molecule has 5 heteroatoms. The van der Waals surface area contributed by atoms with E-state index in [1.54, 1.807) is 29.0 Å². The second kappa shape index (κ2) is 8.35. The van der Waals surface area contributed by atoms with E-state index >= 15 is 0 Å². The number of aromatic nitrogens is 1. The van der Waals surface area contributed by atoms with E-state index in [0.717, 1.165) is 11.1 Å². The summed E-state index contributed by atoms with van der Waals surface area (Å²) in [6, 6.07) is 20.5. The second-order valence-electron chi connectivity index (χ2n) is 5.44. The van der Waals surface area contributed by atoms with Gasteiger partial charge in [0.05, 0.1) is 0 Å². The van der Waals surface area contributed by atoms with Gasteiger partial charge in [-0.05, 0) is 17.2 Å². The van der Waals surface area contributed by atoms with Crippen LogP contribution in [0.2, 0.25) is 0 Å². The molecular weight excluding hydrogens is 382 g/mol. The van der Waals surface area contributed by atoms with Crippen LogP contribution in [0.15, 0.2) is 79.1 Å². The van der Waals surface area contributed by atoms with Crippen LogP contribution < -0.4 is 21.5 Å². The van der Waals surface area contributed by atoms with E-state index in [4.69, 9.17) is 5.11 Å². The summed E-state index contributed by atoms with van der Waals surface area (Å²) in [6.07, 6.45) is 3.14. The smallest absolute Gasteiger partial charge is 0.341 e. The molecular formula is C20H16BrNO3. The number of carbonyl (C=O) groups excluding carboxylic acids is 1. The number of carbonyl (C=O) groups is 2. The molecule has 3 aromatic rings. The monoisotopic (exact) mass is 397 g/mol. The number of rotatable bonds is 5. The van der Waals surface area contributed by atoms with Crippen LogP contribution >= 0.6 is 0 Å². The molecule has 0 aliphatic carbocycles. The fourth-order valence-corrected chi connectivity index (χ4v) is 2.48. The van der Waals surface area contributed by atoms with Crippen molar-refractivity contribution in [1.29, 1.82) is 0 Å². The zero-order valence-corrected chi connectivity index (χ0v) is 14.9. The van der Waals surface area contributed by atoms with Gasteiger partial charge in [0.2, 0.25) is 12.3 Å². The third-order valence-electron chi connectivity index (χ3n) is 3.75. The summed E-state index contributed by atoms with van der Waals surface area (Å²) in [6.45, 7) is 0.103. The number of halogens is 1. The normalized spacial score (nSPS) is 9.92. The molecule has 0 unspecified atom stereocenters. The number of nitrogens with zero attached hydrogens (tertiary/aromatic N) is 1. The zero-order chi connectivity index (χ0) is 16.9. The molecule has 2 aromatic carbocycles. The Hall–Kier alpha value is -2.79. The predicted octanol–water partition coefficient (Wildman–Crippen LogP) is 0.226. The Morgan fingerprint density at radius 3 is 2.08 bits per heavy atom. The number of carboxylic acid groups (broad SMARTS) is 1. The van der Waals surface area contributed by atoms with Crippen molar-refractivity contribution in [3.05, 3.63) is 90.3 Å². The number of ketones is 1. The van der Waals surface area contributed by atoms with Crippen molar-refractivity contribution < 1.29 is 36.2 Å². The highest BCUT2D eigenvalue weighted by atomic mass is 79.9. The Kier molecular flexibility index (Phi) is 6.19. The SMILES string of the molecule is O=C(O)c1ccc[n+](CC(=O)c2ccc(-c3ccccc3)cc2)c1.[Br-]. The molecule has 0 saturated heterocycles. The Labute approximate surface area is 156 Å². The third-order valence-corrected chi connectivity index (χ3v) is 3.75. The summed E-state index contributed by atoms with van der Waals surface area (Å²) in [4.78, 5) is 23.4. The Morgan fingerprint density at radius 2 is 1.44 bits per heavy atom. The molecule has 1 N–H and O–H groups in total. The van der Waals surface area contributed by atoms with Crippen molar-refractivity contribution in [3.63, 3.8) is 0 Å². The first kappa shape index (κ1) is 18.5. The lowest BCUT2D eigenvalue weighted by Gasteiger charge is -2.03. The van der Waals surface area contributed by atoms with Crippen molar-refractivity contribution in [1.82, 2.24) is 0 Å². The molecule has 126 valence electrons. The van der Waals surface area contributed by atoms with Crippen molar-refractivity contribution >= 4 is 11.8 Å². The van der Waals surface area contributed by atoms with E-state index < -0.39 is 5.97 Å². The Bertz CT molecular complexity index is 877. The molecule has 0 amide bonds. The minimum atomic E-state index is -1.01. The summed E-state index contributed by atoms with van der Waals surface area (Å²) in [7, 11) is 0. The Morgan fingerprint density at radius 1 is 0.800 bits per heavy atom. The zero-order valence-electron chi connectivity index (χ0n) is 13.3. The Balaban J connectivity index is 0.00000225. The first-order valence-corrected chi connectivity index (χ1v) is 7.54. The van der Waals surface area contributed by atoms with Crippen LogP contribution in [0.3, 0.4) is 0 Å². The highest BCUT2D eigenvalue weighted by molar-refractivity contribution is 5.95. The highest BCUT2D eigenvalue weighted by Gasteiger charge is 2.14. The summed E-state index contributed by atoms with van der Waals surface area (Å²) < 4.78 is 1.58. The molecule has 0 spiro atoms. The maximum absolute atomic E-state index is 12.4. The minimum absolute atomic E-state index is 0. The first-order chi connectivity index (χ1) is 11.6. The molecule has 0 saturated carbocycles. The number of pyridine rings is 1. The highest BCUT2D eigenvalue weighted by Crippen LogP contribution is 2.19. The number of aromatic carboxylic acids is 1. The summed E-state index contributed by atoms with van der Waals surface area (Å²) in [5.74, 6) is -1.08. The number of Topliss-reactive ketones (excluding diaryl/α,β-unsaturated/α-hetero) is 1. The summed E-state index contributed by atoms with van der Waals surface area (Å²) in [5.41, 5.74) is 2.90. The molecule has 0 atom stereocenters. The second-order valence-corrected chi connectivity index (χ2v) is 5.44. The van der Waals surface area contributed by atoms with E-state index in [2.05, 4.69) is 0 Å². The molecule has 4 nitrogen and oxygen atoms in total. The van der Waals surface area contributed by atoms with Crippen molar-refractivity contribution in [3.8, 4) is 11.1 Å². The quantitative estimate of drug-likeness (QED) is 0.495. The van der Waals surface area contributed by atoms with Crippen molar-refractivity contribution in [2.45, 2.75) is 6.54 Å². The summed E-state index contributed by atoms with van der Waals surface area (Å²) in [5, 5.41) is 9.00. The molecule has 0 bridgehead atoms. The molecule has 1 heterocycles. The molecule has 0 aliphatic rings. The number of carboxylic acids is 1. The van der Waals surface area contributed by atoms with Gasteiger partial charge in [-0.2, -0.15) is 4.57 Å². The van der Waals surface area contributed by atoms with E-state index in [1.165, 1.54) is 12.3 Å². The average Bonchev–Trinajstić information content (AvgIpc) is 2.63. The predicted molar refractivity (Wildman–Crippen MR) is 89.8 cm³/mol. The average molecular weight is 398 g/mol. The van der Waals surface area contributed by atoms with Crippen molar-refractivity contribution in [2.24, 2.45) is 0 Å². The number of hydrogen-bond acceptors (Lipinski definition) is 2. The van der Waals surface area contributed by atoms with Crippen LogP contribution in [0.4, 0.5) is 0 Å². The fraction of sp³-hybridized carbons (Fsp3) is 0.0500. The van der Waals surface area contributed by atoms with Crippen LogP contribution in [-0.4, -0.2) is 16.9 Å². The van der Waals surface area contributed by atoms with Crippen LogP contribution in [0.25, 0.3) is 11.1 Å². The van der Waals surface area contributed by atoms with Crippen LogP contribution in [0.5, 0.6) is 0 Å². The maximum atomic E-state index is 12.4. The van der Waals surface area contributed by atoms with Gasteiger partial charge in [0.25, 0.3) is 0 Å². The largest absolute Gasteiger partial charge is 1.00 e. The van der Waals surface area contributed by atoms with Crippen LogP contribution in [0.1, 0.15) is 20.7 Å². The number of benzene rings is 2. The molecule has 0 aliphatic heterocycles. The van der Waals surface area contributed by atoms with E-state index in [-0.39, 0.29) is 34.9 Å². The van der Waals surface area contributed by atoms with Gasteiger partial charge in [0, 0.05) is 11.6 Å². The summed E-state index contributed by atoms with van der Waals surface area (Å²) >= 11 is 0. The van der Waals surface area contributed by atoms with Crippen LogP contribution in [0, 0.1) is 0 Å². The first-order valence-electron chi connectivity index (χ1n) is 7.54. The standard InChI is InChI=1S/C20H15NO3.BrH/c22-19(14-21-12-4-7-18(13-21)20(23)24)17-10-8-16(9-11-17)15-5-2-1-3-6-15;/h1-13H,14H2;1H. The van der Waals surface area contributed by atoms with Gasteiger partial charge in [-0.1, -0.05) is 54.6 Å².